The van der Waals surface area contributed by atoms with Crippen LogP contribution in [-0.2, 0) is 20.9 Å². The summed E-state index contributed by atoms with van der Waals surface area (Å²) in [6, 6.07) is 7.95. The normalized spacial score (nSPS) is 14.6. The fraction of sp³-hybridized carbons (Fsp3) is 0.571. The maximum atomic E-state index is 12.3. The molecule has 1 aliphatic heterocycles. The number of nitrogens with zero attached hydrogens (tertiary/aromatic N) is 2. The van der Waals surface area contributed by atoms with Gasteiger partial charge in [0.1, 0.15) is 5.60 Å². The largest absolute Gasteiger partial charge is 0.444 e. The van der Waals surface area contributed by atoms with Crippen LogP contribution in [0.15, 0.2) is 24.3 Å². The first-order valence-electron chi connectivity index (χ1n) is 9.72. The van der Waals surface area contributed by atoms with Crippen molar-refractivity contribution < 1.29 is 19.1 Å². The molecule has 0 spiro atoms. The van der Waals surface area contributed by atoms with Gasteiger partial charge < -0.3 is 19.9 Å². The Hall–Kier alpha value is -2.57. The molecule has 7 heteroatoms. The fourth-order valence-electron chi connectivity index (χ4n) is 2.95. The van der Waals surface area contributed by atoms with E-state index in [2.05, 4.69) is 5.32 Å². The molecule has 0 atom stereocenters. The molecule has 0 saturated carbocycles. The van der Waals surface area contributed by atoms with E-state index >= 15 is 0 Å². The smallest absolute Gasteiger partial charge is 0.410 e. The van der Waals surface area contributed by atoms with Crippen molar-refractivity contribution in [3.8, 4) is 0 Å². The van der Waals surface area contributed by atoms with Crippen LogP contribution < -0.4 is 5.32 Å². The zero-order valence-electron chi connectivity index (χ0n) is 17.3. The van der Waals surface area contributed by atoms with Crippen LogP contribution >= 0.6 is 0 Å². The van der Waals surface area contributed by atoms with Gasteiger partial charge in [0, 0.05) is 45.6 Å². The summed E-state index contributed by atoms with van der Waals surface area (Å²) in [5.41, 5.74) is 1.65. The predicted octanol–water partition coefficient (Wildman–Crippen LogP) is 2.47. The number of carbonyl (C=O) groups excluding carboxylic acids is 3. The van der Waals surface area contributed by atoms with Crippen molar-refractivity contribution in [3.05, 3.63) is 35.4 Å². The van der Waals surface area contributed by atoms with Gasteiger partial charge in [-0.25, -0.2) is 4.79 Å². The van der Waals surface area contributed by atoms with Crippen molar-refractivity contribution in [1.82, 2.24) is 15.1 Å². The SMILES string of the molecule is Cc1cccc(CNC(=O)CCC(=O)N2CCN(C(=O)OC(C)(C)C)CC2)c1. The quantitative estimate of drug-likeness (QED) is 0.839. The fourth-order valence-corrected chi connectivity index (χ4v) is 2.95. The lowest BCUT2D eigenvalue weighted by Crippen LogP contribution is -2.51. The molecule has 0 radical (unpaired) electrons. The summed E-state index contributed by atoms with van der Waals surface area (Å²) in [4.78, 5) is 39.7. The number of ether oxygens (including phenoxy) is 1. The zero-order valence-corrected chi connectivity index (χ0v) is 17.3. The van der Waals surface area contributed by atoms with Gasteiger partial charge in [-0.3, -0.25) is 9.59 Å². The highest BCUT2D eigenvalue weighted by molar-refractivity contribution is 5.84. The molecular weight excluding hydrogens is 358 g/mol. The molecule has 0 bridgehead atoms. The molecule has 0 unspecified atom stereocenters. The van der Waals surface area contributed by atoms with Gasteiger partial charge in [0.25, 0.3) is 0 Å². The number of rotatable bonds is 5. The van der Waals surface area contributed by atoms with Crippen LogP contribution in [0.4, 0.5) is 4.79 Å². The van der Waals surface area contributed by atoms with E-state index < -0.39 is 5.60 Å². The number of amides is 3. The molecule has 1 aromatic carbocycles. The minimum atomic E-state index is -0.532. The second-order valence-electron chi connectivity index (χ2n) is 8.11. The molecule has 1 aromatic rings. The molecule has 1 N–H and O–H groups in total. The summed E-state index contributed by atoms with van der Waals surface area (Å²) in [7, 11) is 0. The summed E-state index contributed by atoms with van der Waals surface area (Å²) in [5.74, 6) is -0.197. The third kappa shape index (κ3) is 7.21. The van der Waals surface area contributed by atoms with Crippen molar-refractivity contribution in [2.45, 2.75) is 52.7 Å². The summed E-state index contributed by atoms with van der Waals surface area (Å²) < 4.78 is 5.35. The average Bonchev–Trinajstić information content (AvgIpc) is 2.63. The molecule has 7 nitrogen and oxygen atoms in total. The number of hydrogen-bond acceptors (Lipinski definition) is 4. The molecular formula is C21H31N3O4. The summed E-state index contributed by atoms with van der Waals surface area (Å²) in [6.45, 7) is 9.76. The van der Waals surface area contributed by atoms with E-state index in [-0.39, 0.29) is 30.7 Å². The number of aryl methyl sites for hydroxylation is 1. The molecule has 1 heterocycles. The zero-order chi connectivity index (χ0) is 20.7. The van der Waals surface area contributed by atoms with E-state index in [1.807, 2.05) is 52.0 Å². The van der Waals surface area contributed by atoms with E-state index in [9.17, 15) is 14.4 Å². The van der Waals surface area contributed by atoms with Gasteiger partial charge in [0.2, 0.25) is 11.8 Å². The second-order valence-corrected chi connectivity index (χ2v) is 8.11. The Morgan fingerprint density at radius 2 is 1.68 bits per heavy atom. The number of carbonyl (C=O) groups is 3. The van der Waals surface area contributed by atoms with Gasteiger partial charge in [0.05, 0.1) is 0 Å². The van der Waals surface area contributed by atoms with E-state index in [1.165, 1.54) is 0 Å². The van der Waals surface area contributed by atoms with Crippen LogP contribution in [0.1, 0.15) is 44.7 Å². The van der Waals surface area contributed by atoms with Gasteiger partial charge in [-0.05, 0) is 33.3 Å². The molecule has 0 aliphatic carbocycles. The number of hydrogen-bond donors (Lipinski definition) is 1. The van der Waals surface area contributed by atoms with Crippen molar-refractivity contribution in [2.75, 3.05) is 26.2 Å². The maximum Gasteiger partial charge on any atom is 0.410 e. The number of piperazine rings is 1. The first-order chi connectivity index (χ1) is 13.1. The Balaban J connectivity index is 1.68. The van der Waals surface area contributed by atoms with Gasteiger partial charge in [-0.2, -0.15) is 0 Å². The summed E-state index contributed by atoms with van der Waals surface area (Å²) in [6.07, 6.45) is -0.0154. The van der Waals surface area contributed by atoms with Crippen LogP contribution in [0, 0.1) is 6.92 Å². The first kappa shape index (κ1) is 21.7. The lowest BCUT2D eigenvalue weighted by molar-refractivity contribution is -0.135. The van der Waals surface area contributed by atoms with Crippen LogP contribution in [0.3, 0.4) is 0 Å². The third-order valence-electron chi connectivity index (χ3n) is 4.42. The molecule has 0 aromatic heterocycles. The number of benzene rings is 1. The Morgan fingerprint density at radius 3 is 2.29 bits per heavy atom. The van der Waals surface area contributed by atoms with E-state index in [4.69, 9.17) is 4.74 Å². The van der Waals surface area contributed by atoms with Gasteiger partial charge in [-0.15, -0.1) is 0 Å². The standard InChI is InChI=1S/C21H31N3O4/c1-16-6-5-7-17(14-16)15-22-18(25)8-9-19(26)23-10-12-24(13-11-23)20(27)28-21(2,3)4/h5-7,14H,8-13,15H2,1-4H3,(H,22,25). The predicted molar refractivity (Wildman–Crippen MR) is 107 cm³/mol. The first-order valence-corrected chi connectivity index (χ1v) is 9.72. The molecule has 3 amide bonds. The minimum absolute atomic E-state index is 0.0606. The van der Waals surface area contributed by atoms with E-state index in [0.29, 0.717) is 32.7 Å². The second kappa shape index (κ2) is 9.57. The molecule has 1 saturated heterocycles. The average molecular weight is 389 g/mol. The Kier molecular flexibility index (Phi) is 7.43. The molecule has 28 heavy (non-hydrogen) atoms. The van der Waals surface area contributed by atoms with Crippen molar-refractivity contribution in [2.24, 2.45) is 0 Å². The van der Waals surface area contributed by atoms with Crippen molar-refractivity contribution in [3.63, 3.8) is 0 Å². The molecule has 154 valence electrons. The summed E-state index contributed by atoms with van der Waals surface area (Å²) in [5, 5.41) is 2.85. The number of nitrogens with one attached hydrogen (secondary N) is 1. The van der Waals surface area contributed by atoms with Crippen molar-refractivity contribution in [1.29, 1.82) is 0 Å². The highest BCUT2D eigenvalue weighted by Gasteiger charge is 2.27. The lowest BCUT2D eigenvalue weighted by atomic mass is 10.1. The minimum Gasteiger partial charge on any atom is -0.444 e. The lowest BCUT2D eigenvalue weighted by Gasteiger charge is -2.35. The van der Waals surface area contributed by atoms with Gasteiger partial charge >= 0.3 is 6.09 Å². The highest BCUT2D eigenvalue weighted by Crippen LogP contribution is 2.12. The maximum absolute atomic E-state index is 12.3. The van der Waals surface area contributed by atoms with Crippen LogP contribution in [-0.4, -0.2) is 59.5 Å². The van der Waals surface area contributed by atoms with Crippen LogP contribution in [0.25, 0.3) is 0 Å². The molecule has 1 fully saturated rings. The Bertz CT molecular complexity index is 704. The monoisotopic (exact) mass is 389 g/mol. The van der Waals surface area contributed by atoms with E-state index in [1.54, 1.807) is 9.80 Å². The van der Waals surface area contributed by atoms with Crippen LogP contribution in [0.5, 0.6) is 0 Å². The van der Waals surface area contributed by atoms with Gasteiger partial charge in [-0.1, -0.05) is 29.8 Å². The molecule has 2 rings (SSSR count). The van der Waals surface area contributed by atoms with Crippen LogP contribution in [0.2, 0.25) is 0 Å². The molecule has 1 aliphatic rings. The topological polar surface area (TPSA) is 79.0 Å². The van der Waals surface area contributed by atoms with Gasteiger partial charge in [0.15, 0.2) is 0 Å². The highest BCUT2D eigenvalue weighted by atomic mass is 16.6. The Labute approximate surface area is 167 Å². The Morgan fingerprint density at radius 1 is 1.04 bits per heavy atom. The summed E-state index contributed by atoms with van der Waals surface area (Å²) >= 11 is 0. The van der Waals surface area contributed by atoms with Crippen molar-refractivity contribution >= 4 is 17.9 Å². The van der Waals surface area contributed by atoms with E-state index in [0.717, 1.165) is 11.1 Å². The third-order valence-corrected chi connectivity index (χ3v) is 4.42.